The highest BCUT2D eigenvalue weighted by Crippen LogP contribution is 2.24. The van der Waals surface area contributed by atoms with Crippen molar-refractivity contribution in [3.63, 3.8) is 0 Å². The molecule has 0 bridgehead atoms. The third-order valence-corrected chi connectivity index (χ3v) is 3.81. The van der Waals surface area contributed by atoms with Gasteiger partial charge in [-0.2, -0.15) is 0 Å². The van der Waals surface area contributed by atoms with Crippen molar-refractivity contribution in [3.05, 3.63) is 70.4 Å². The van der Waals surface area contributed by atoms with E-state index in [1.807, 2.05) is 24.3 Å². The monoisotopic (exact) mass is 359 g/mol. The molecule has 4 heteroatoms. The summed E-state index contributed by atoms with van der Waals surface area (Å²) in [4.78, 5) is 0. The molecular weight excluding hydrogens is 342 g/mol. The molecule has 0 saturated heterocycles. The topological polar surface area (TPSA) is 34.4 Å². The highest BCUT2D eigenvalue weighted by molar-refractivity contribution is 9.10. The van der Waals surface area contributed by atoms with Crippen molar-refractivity contribution in [2.75, 3.05) is 13.2 Å². The van der Waals surface area contributed by atoms with Crippen LogP contribution in [0.5, 0.6) is 0 Å². The minimum absolute atomic E-state index is 0.662. The fraction of sp³-hybridized carbons (Fsp3) is 0.222. The number of nitrogens with one attached hydrogen (secondary N) is 1. The molecule has 3 aromatic rings. The molecule has 0 aliphatic rings. The fourth-order valence-corrected chi connectivity index (χ4v) is 2.72. The van der Waals surface area contributed by atoms with Crippen LogP contribution in [0.25, 0.3) is 11.0 Å². The first-order chi connectivity index (χ1) is 10.8. The van der Waals surface area contributed by atoms with Crippen molar-refractivity contribution >= 4 is 26.9 Å². The van der Waals surface area contributed by atoms with E-state index in [-0.39, 0.29) is 0 Å². The lowest BCUT2D eigenvalue weighted by Gasteiger charge is -2.06. The molecule has 0 spiro atoms. The number of halogens is 1. The Morgan fingerprint density at radius 3 is 2.73 bits per heavy atom. The van der Waals surface area contributed by atoms with Gasteiger partial charge in [-0.1, -0.05) is 42.5 Å². The summed E-state index contributed by atoms with van der Waals surface area (Å²) in [7, 11) is 0. The summed E-state index contributed by atoms with van der Waals surface area (Å²) in [5.41, 5.74) is 3.32. The molecule has 0 atom stereocenters. The van der Waals surface area contributed by atoms with E-state index in [2.05, 4.69) is 51.6 Å². The Morgan fingerprint density at radius 2 is 1.86 bits per heavy atom. The predicted molar refractivity (Wildman–Crippen MR) is 91.7 cm³/mol. The summed E-state index contributed by atoms with van der Waals surface area (Å²) in [5, 5.41) is 4.49. The maximum absolute atomic E-state index is 5.64. The molecule has 0 amide bonds. The van der Waals surface area contributed by atoms with Crippen molar-refractivity contribution in [2.24, 2.45) is 0 Å². The molecular formula is C18H18BrNO2. The summed E-state index contributed by atoms with van der Waals surface area (Å²) >= 11 is 3.35. The molecule has 1 heterocycles. The first-order valence-electron chi connectivity index (χ1n) is 7.31. The number of furan rings is 1. The number of ether oxygens (including phenoxy) is 1. The van der Waals surface area contributed by atoms with Crippen LogP contribution in [0.3, 0.4) is 0 Å². The van der Waals surface area contributed by atoms with Crippen LogP contribution in [0.1, 0.15) is 11.1 Å². The standard InChI is InChI=1S/C18H18BrNO2/c19-18-11-16-7-6-15(10-17(16)22-18)12-20-8-9-21-13-14-4-2-1-3-5-14/h1-7,10-11,20H,8-9,12-13H2. The average molecular weight is 360 g/mol. The Balaban J connectivity index is 1.39. The van der Waals surface area contributed by atoms with E-state index >= 15 is 0 Å². The maximum atomic E-state index is 5.64. The largest absolute Gasteiger partial charge is 0.449 e. The number of fused-ring (bicyclic) bond motifs is 1. The third-order valence-electron chi connectivity index (χ3n) is 3.42. The summed E-state index contributed by atoms with van der Waals surface area (Å²) in [6, 6.07) is 18.4. The van der Waals surface area contributed by atoms with Crippen molar-refractivity contribution in [2.45, 2.75) is 13.2 Å². The van der Waals surface area contributed by atoms with Gasteiger partial charge in [-0.05, 0) is 39.2 Å². The van der Waals surface area contributed by atoms with Gasteiger partial charge < -0.3 is 14.5 Å². The average Bonchev–Trinajstić information content (AvgIpc) is 2.91. The minimum Gasteiger partial charge on any atom is -0.449 e. The Labute approximate surface area is 138 Å². The Morgan fingerprint density at radius 1 is 1.00 bits per heavy atom. The zero-order valence-electron chi connectivity index (χ0n) is 12.2. The van der Waals surface area contributed by atoms with Crippen LogP contribution in [0, 0.1) is 0 Å². The van der Waals surface area contributed by atoms with Crippen LogP contribution in [0.15, 0.2) is 63.7 Å². The van der Waals surface area contributed by atoms with Crippen molar-refractivity contribution in [3.8, 4) is 0 Å². The summed E-state index contributed by atoms with van der Waals surface area (Å²) < 4.78 is 12.0. The van der Waals surface area contributed by atoms with E-state index < -0.39 is 0 Å². The highest BCUT2D eigenvalue weighted by Gasteiger charge is 2.02. The first kappa shape index (κ1) is 15.3. The number of hydrogen-bond donors (Lipinski definition) is 1. The molecule has 114 valence electrons. The number of benzene rings is 2. The zero-order valence-corrected chi connectivity index (χ0v) is 13.8. The normalized spacial score (nSPS) is 11.1. The van der Waals surface area contributed by atoms with E-state index in [9.17, 15) is 0 Å². The second-order valence-electron chi connectivity index (χ2n) is 5.14. The van der Waals surface area contributed by atoms with E-state index in [1.54, 1.807) is 0 Å². The van der Waals surface area contributed by atoms with Gasteiger partial charge in [-0.15, -0.1) is 0 Å². The molecule has 3 rings (SSSR count). The van der Waals surface area contributed by atoms with Crippen LogP contribution in [0.4, 0.5) is 0 Å². The first-order valence-corrected chi connectivity index (χ1v) is 8.11. The van der Waals surface area contributed by atoms with Crippen molar-refractivity contribution < 1.29 is 9.15 Å². The number of hydrogen-bond acceptors (Lipinski definition) is 3. The SMILES string of the molecule is Brc1cc2ccc(CNCCOCc3ccccc3)cc2o1. The lowest BCUT2D eigenvalue weighted by molar-refractivity contribution is 0.122. The van der Waals surface area contributed by atoms with Crippen LogP contribution in [-0.4, -0.2) is 13.2 Å². The Kier molecular flexibility index (Phi) is 5.27. The van der Waals surface area contributed by atoms with Crippen LogP contribution in [0.2, 0.25) is 0 Å². The molecule has 3 nitrogen and oxygen atoms in total. The second-order valence-corrected chi connectivity index (χ2v) is 5.92. The minimum atomic E-state index is 0.662. The molecule has 0 unspecified atom stereocenters. The van der Waals surface area contributed by atoms with Crippen molar-refractivity contribution in [1.82, 2.24) is 5.32 Å². The van der Waals surface area contributed by atoms with Crippen LogP contribution < -0.4 is 5.32 Å². The summed E-state index contributed by atoms with van der Waals surface area (Å²) in [5.74, 6) is 0. The van der Waals surface area contributed by atoms with Gasteiger partial charge in [0.05, 0.1) is 13.2 Å². The van der Waals surface area contributed by atoms with Crippen molar-refractivity contribution in [1.29, 1.82) is 0 Å². The van der Waals surface area contributed by atoms with Gasteiger partial charge in [0.2, 0.25) is 0 Å². The number of rotatable bonds is 7. The van der Waals surface area contributed by atoms with E-state index in [0.29, 0.717) is 13.2 Å². The molecule has 2 aromatic carbocycles. The van der Waals surface area contributed by atoms with Gasteiger partial charge >= 0.3 is 0 Å². The third kappa shape index (κ3) is 4.19. The van der Waals surface area contributed by atoms with E-state index in [4.69, 9.17) is 9.15 Å². The predicted octanol–water partition coefficient (Wildman–Crippen LogP) is 4.50. The van der Waals surface area contributed by atoms with Gasteiger partial charge in [0, 0.05) is 18.5 Å². The van der Waals surface area contributed by atoms with Gasteiger partial charge in [0.15, 0.2) is 4.67 Å². The zero-order chi connectivity index (χ0) is 15.2. The molecule has 0 aliphatic heterocycles. The van der Waals surface area contributed by atoms with E-state index in [0.717, 1.165) is 28.7 Å². The molecule has 22 heavy (non-hydrogen) atoms. The van der Waals surface area contributed by atoms with Crippen LogP contribution in [-0.2, 0) is 17.9 Å². The molecule has 0 aliphatic carbocycles. The van der Waals surface area contributed by atoms with Gasteiger partial charge in [-0.3, -0.25) is 0 Å². The lowest BCUT2D eigenvalue weighted by atomic mass is 10.2. The molecule has 0 saturated carbocycles. The molecule has 1 N–H and O–H groups in total. The fourth-order valence-electron chi connectivity index (χ4n) is 2.29. The molecule has 1 aromatic heterocycles. The van der Waals surface area contributed by atoms with Gasteiger partial charge in [-0.25, -0.2) is 0 Å². The highest BCUT2D eigenvalue weighted by atomic mass is 79.9. The summed E-state index contributed by atoms with van der Waals surface area (Å²) in [6.45, 7) is 2.99. The molecule has 0 fully saturated rings. The van der Waals surface area contributed by atoms with Crippen LogP contribution >= 0.6 is 15.9 Å². The quantitative estimate of drug-likeness (QED) is 0.630. The maximum Gasteiger partial charge on any atom is 0.170 e. The van der Waals surface area contributed by atoms with E-state index in [1.165, 1.54) is 11.1 Å². The lowest BCUT2D eigenvalue weighted by Crippen LogP contribution is -2.19. The Hall–Kier alpha value is -1.62. The summed E-state index contributed by atoms with van der Waals surface area (Å²) in [6.07, 6.45) is 0. The smallest absolute Gasteiger partial charge is 0.170 e. The molecule has 0 radical (unpaired) electrons. The van der Waals surface area contributed by atoms with Gasteiger partial charge in [0.1, 0.15) is 5.58 Å². The van der Waals surface area contributed by atoms with Gasteiger partial charge in [0.25, 0.3) is 0 Å². The second kappa shape index (κ2) is 7.58. The Bertz CT molecular complexity index is 724.